The number of nitrogens with zero attached hydrogens (tertiary/aromatic N) is 3. The minimum Gasteiger partial charge on any atom is -0.497 e. The summed E-state index contributed by atoms with van der Waals surface area (Å²) in [6.07, 6.45) is 3.26. The smallest absolute Gasteiger partial charge is 0.293 e. The molecule has 0 spiro atoms. The summed E-state index contributed by atoms with van der Waals surface area (Å²) in [4.78, 5) is 13.4. The highest BCUT2D eigenvalue weighted by Gasteiger charge is 2.35. The van der Waals surface area contributed by atoms with E-state index in [1.165, 1.54) is 16.4 Å². The first-order valence-corrected chi connectivity index (χ1v) is 12.1. The van der Waals surface area contributed by atoms with Crippen LogP contribution in [0.4, 0.5) is 11.4 Å². The summed E-state index contributed by atoms with van der Waals surface area (Å²) in [5.41, 5.74) is 1.12. The van der Waals surface area contributed by atoms with E-state index in [-0.39, 0.29) is 16.6 Å². The fraction of sp³-hybridized carbons (Fsp3) is 0.455. The lowest BCUT2D eigenvalue weighted by Gasteiger charge is -2.28. The van der Waals surface area contributed by atoms with Gasteiger partial charge in [0.2, 0.25) is 10.0 Å². The van der Waals surface area contributed by atoms with Crippen LogP contribution in [0.5, 0.6) is 11.5 Å². The van der Waals surface area contributed by atoms with Crippen molar-refractivity contribution in [2.24, 2.45) is 0 Å². The molecule has 0 N–H and O–H groups in total. The van der Waals surface area contributed by atoms with E-state index in [1.807, 2.05) is 17.0 Å². The molecule has 0 saturated carbocycles. The molecule has 172 valence electrons. The van der Waals surface area contributed by atoms with E-state index in [0.29, 0.717) is 36.8 Å². The van der Waals surface area contributed by atoms with Crippen molar-refractivity contribution in [1.29, 1.82) is 0 Å². The van der Waals surface area contributed by atoms with Crippen LogP contribution in [0.1, 0.15) is 37.3 Å². The summed E-state index contributed by atoms with van der Waals surface area (Å²) >= 11 is 0. The zero-order valence-electron chi connectivity index (χ0n) is 18.2. The number of benzene rings is 2. The third kappa shape index (κ3) is 4.00. The highest BCUT2D eigenvalue weighted by atomic mass is 32.2. The topological polar surface area (TPSA) is 102 Å². The maximum atomic E-state index is 12.9. The highest BCUT2D eigenvalue weighted by Crippen LogP contribution is 2.44. The van der Waals surface area contributed by atoms with Crippen molar-refractivity contribution >= 4 is 21.4 Å². The van der Waals surface area contributed by atoms with Crippen LogP contribution in [0.2, 0.25) is 0 Å². The van der Waals surface area contributed by atoms with E-state index >= 15 is 0 Å². The van der Waals surface area contributed by atoms with Crippen molar-refractivity contribution in [1.82, 2.24) is 4.31 Å². The summed E-state index contributed by atoms with van der Waals surface area (Å²) in [6.45, 7) is 1.52. The van der Waals surface area contributed by atoms with Gasteiger partial charge in [-0.15, -0.1) is 0 Å². The number of hydrogen-bond acceptors (Lipinski definition) is 7. The Kier molecular flexibility index (Phi) is 6.25. The summed E-state index contributed by atoms with van der Waals surface area (Å²) in [5.74, 6) is 1.31. The van der Waals surface area contributed by atoms with Crippen LogP contribution >= 0.6 is 0 Å². The average molecular weight is 462 g/mol. The van der Waals surface area contributed by atoms with Gasteiger partial charge in [0.25, 0.3) is 5.69 Å². The number of ether oxygens (including phenoxy) is 2. The lowest BCUT2D eigenvalue weighted by molar-refractivity contribution is -0.384. The molecule has 0 aliphatic carbocycles. The van der Waals surface area contributed by atoms with Gasteiger partial charge in [-0.2, -0.15) is 4.31 Å². The molecule has 0 radical (unpaired) electrons. The number of anilines is 1. The summed E-state index contributed by atoms with van der Waals surface area (Å²) < 4.78 is 38.1. The molecule has 0 bridgehead atoms. The van der Waals surface area contributed by atoms with Crippen LogP contribution in [0.15, 0.2) is 41.3 Å². The molecule has 0 aromatic heterocycles. The van der Waals surface area contributed by atoms with E-state index in [1.54, 1.807) is 26.4 Å². The normalized spacial score (nSPS) is 19.3. The Morgan fingerprint density at radius 1 is 1.00 bits per heavy atom. The predicted molar refractivity (Wildman–Crippen MR) is 120 cm³/mol. The first-order valence-electron chi connectivity index (χ1n) is 10.6. The molecule has 4 rings (SSSR count). The molecule has 9 nitrogen and oxygen atoms in total. The monoisotopic (exact) mass is 461 g/mol. The Morgan fingerprint density at radius 2 is 1.75 bits per heavy atom. The van der Waals surface area contributed by atoms with Crippen molar-refractivity contribution in [3.05, 3.63) is 52.1 Å². The van der Waals surface area contributed by atoms with Gasteiger partial charge in [-0.05, 0) is 49.9 Å². The van der Waals surface area contributed by atoms with Gasteiger partial charge < -0.3 is 14.4 Å². The Balaban J connectivity index is 1.73. The Hall–Kier alpha value is -2.85. The second-order valence-corrected chi connectivity index (χ2v) is 9.92. The Morgan fingerprint density at radius 3 is 2.41 bits per heavy atom. The summed E-state index contributed by atoms with van der Waals surface area (Å²) in [5, 5.41) is 12.0. The van der Waals surface area contributed by atoms with E-state index in [2.05, 4.69) is 0 Å². The van der Waals surface area contributed by atoms with Crippen molar-refractivity contribution in [2.75, 3.05) is 38.8 Å². The summed E-state index contributed by atoms with van der Waals surface area (Å²) in [6, 6.07) is 9.67. The van der Waals surface area contributed by atoms with Gasteiger partial charge in [-0.25, -0.2) is 8.42 Å². The number of nitro groups is 1. The second-order valence-electron chi connectivity index (χ2n) is 7.98. The number of methoxy groups -OCH3 is 2. The quantitative estimate of drug-likeness (QED) is 0.457. The molecule has 0 amide bonds. The van der Waals surface area contributed by atoms with Crippen molar-refractivity contribution in [3.8, 4) is 11.5 Å². The molecule has 2 fully saturated rings. The largest absolute Gasteiger partial charge is 0.497 e. The van der Waals surface area contributed by atoms with Crippen molar-refractivity contribution in [2.45, 2.75) is 36.6 Å². The highest BCUT2D eigenvalue weighted by molar-refractivity contribution is 7.89. The van der Waals surface area contributed by atoms with Gasteiger partial charge in [0.05, 0.1) is 30.1 Å². The van der Waals surface area contributed by atoms with Crippen LogP contribution < -0.4 is 14.4 Å². The maximum absolute atomic E-state index is 12.9. The number of rotatable bonds is 7. The molecule has 10 heteroatoms. The molecule has 2 aromatic carbocycles. The van der Waals surface area contributed by atoms with Crippen LogP contribution in [-0.2, 0) is 10.0 Å². The van der Waals surface area contributed by atoms with Gasteiger partial charge in [-0.1, -0.05) is 0 Å². The molecular weight excluding hydrogens is 434 g/mol. The van der Waals surface area contributed by atoms with Gasteiger partial charge in [0.1, 0.15) is 17.2 Å². The van der Waals surface area contributed by atoms with E-state index in [9.17, 15) is 18.5 Å². The molecule has 2 aromatic rings. The van der Waals surface area contributed by atoms with E-state index in [0.717, 1.165) is 31.2 Å². The first-order chi connectivity index (χ1) is 15.4. The molecule has 2 heterocycles. The zero-order valence-corrected chi connectivity index (χ0v) is 19.0. The minimum atomic E-state index is -3.74. The van der Waals surface area contributed by atoms with Crippen LogP contribution in [0.3, 0.4) is 0 Å². The molecule has 1 atom stereocenters. The SMILES string of the molecule is COc1ccc(C2CCCN2c2ccc(S(=O)(=O)N3CCCC3)cc2[N+](=O)[O-])c(OC)c1. The van der Waals surface area contributed by atoms with Crippen molar-refractivity contribution < 1.29 is 22.8 Å². The average Bonchev–Trinajstić information content (AvgIpc) is 3.50. The Bertz CT molecular complexity index is 1110. The molecular formula is C22H27N3O6S. The third-order valence-corrected chi connectivity index (χ3v) is 8.10. The first kappa shape index (κ1) is 22.3. The van der Waals surface area contributed by atoms with E-state index < -0.39 is 14.9 Å². The zero-order chi connectivity index (χ0) is 22.9. The summed E-state index contributed by atoms with van der Waals surface area (Å²) in [7, 11) is -0.580. The number of sulfonamides is 1. The second kappa shape index (κ2) is 8.95. The lowest BCUT2D eigenvalue weighted by Crippen LogP contribution is -2.28. The Labute approximate surface area is 187 Å². The van der Waals surface area contributed by atoms with Crippen molar-refractivity contribution in [3.63, 3.8) is 0 Å². The van der Waals surface area contributed by atoms with Crippen LogP contribution in [0, 0.1) is 10.1 Å². The predicted octanol–water partition coefficient (Wildman–Crippen LogP) is 3.74. The van der Waals surface area contributed by atoms with Crippen LogP contribution in [-0.4, -0.2) is 51.5 Å². The van der Waals surface area contributed by atoms with Crippen LogP contribution in [0.25, 0.3) is 0 Å². The molecule has 2 aliphatic heterocycles. The third-order valence-electron chi connectivity index (χ3n) is 6.21. The minimum absolute atomic E-state index is 0.0346. The maximum Gasteiger partial charge on any atom is 0.293 e. The lowest BCUT2D eigenvalue weighted by atomic mass is 10.0. The van der Waals surface area contributed by atoms with Gasteiger partial charge in [0, 0.05) is 37.3 Å². The number of hydrogen-bond donors (Lipinski definition) is 0. The van der Waals surface area contributed by atoms with Gasteiger partial charge in [-0.3, -0.25) is 10.1 Å². The molecule has 2 saturated heterocycles. The molecule has 2 aliphatic rings. The van der Waals surface area contributed by atoms with E-state index in [4.69, 9.17) is 9.47 Å². The van der Waals surface area contributed by atoms with Gasteiger partial charge in [0.15, 0.2) is 0 Å². The molecule has 32 heavy (non-hydrogen) atoms. The van der Waals surface area contributed by atoms with Gasteiger partial charge >= 0.3 is 0 Å². The fourth-order valence-corrected chi connectivity index (χ4v) is 6.14. The standard InChI is InChI=1S/C22H27N3O6S/c1-30-16-7-9-18(22(14-16)31-2)19-6-5-13-24(19)20-10-8-17(15-21(20)25(26)27)32(28,29)23-11-3-4-12-23/h7-10,14-15,19H,3-6,11-13H2,1-2H3. The fourth-order valence-electron chi connectivity index (χ4n) is 4.60. The number of nitro benzene ring substituents is 1. The molecule has 1 unspecified atom stereocenters.